The molecule has 0 unspecified atom stereocenters. The van der Waals surface area contributed by atoms with E-state index in [0.717, 1.165) is 18.8 Å². The van der Waals surface area contributed by atoms with Gasteiger partial charge in [-0.05, 0) is 49.1 Å². The third kappa shape index (κ3) is 2.80. The fraction of sp³-hybridized carbons (Fsp3) is 0.667. The first-order valence-corrected chi connectivity index (χ1v) is 6.56. The molecule has 0 aromatic carbocycles. The molecule has 2 rings (SSSR count). The van der Waals surface area contributed by atoms with Crippen molar-refractivity contribution in [2.45, 2.75) is 46.5 Å². The number of furan rings is 1. The fourth-order valence-electron chi connectivity index (χ4n) is 2.84. The van der Waals surface area contributed by atoms with E-state index >= 15 is 0 Å². The Bertz CT molecular complexity index is 362. The lowest BCUT2D eigenvalue weighted by molar-refractivity contribution is 0.0792. The molecule has 0 radical (unpaired) electrons. The Balaban J connectivity index is 1.94. The van der Waals surface area contributed by atoms with Crippen molar-refractivity contribution in [3.63, 3.8) is 0 Å². The number of ketones is 1. The molecule has 1 aliphatic rings. The van der Waals surface area contributed by atoms with Gasteiger partial charge in [-0.25, -0.2) is 0 Å². The fourth-order valence-corrected chi connectivity index (χ4v) is 2.84. The largest absolute Gasteiger partial charge is 0.461 e. The van der Waals surface area contributed by atoms with E-state index in [4.69, 9.17) is 4.42 Å². The number of rotatable bonds is 2. The summed E-state index contributed by atoms with van der Waals surface area (Å²) in [5, 5.41) is 0. The summed E-state index contributed by atoms with van der Waals surface area (Å²) in [7, 11) is 0. The van der Waals surface area contributed by atoms with Gasteiger partial charge in [0.2, 0.25) is 5.78 Å². The molecule has 17 heavy (non-hydrogen) atoms. The maximum atomic E-state index is 12.1. The van der Waals surface area contributed by atoms with Crippen LogP contribution in [0.1, 0.15) is 57.0 Å². The van der Waals surface area contributed by atoms with E-state index in [9.17, 15) is 4.79 Å². The second-order valence-corrected chi connectivity index (χ2v) is 6.26. The highest BCUT2D eigenvalue weighted by Crippen LogP contribution is 2.40. The minimum absolute atomic E-state index is 0.180. The van der Waals surface area contributed by atoms with Gasteiger partial charge in [0.15, 0.2) is 5.76 Å². The summed E-state index contributed by atoms with van der Waals surface area (Å²) >= 11 is 0. The summed E-state index contributed by atoms with van der Waals surface area (Å²) in [5.41, 5.74) is 0.374. The number of carbonyl (C=O) groups excluding carboxylic acids is 1. The second-order valence-electron chi connectivity index (χ2n) is 6.26. The molecule has 0 amide bonds. The molecular weight excluding hydrogens is 212 g/mol. The van der Waals surface area contributed by atoms with Crippen molar-refractivity contribution < 1.29 is 9.21 Å². The molecule has 1 saturated carbocycles. The monoisotopic (exact) mass is 234 g/mol. The van der Waals surface area contributed by atoms with E-state index < -0.39 is 0 Å². The first kappa shape index (κ1) is 12.4. The Morgan fingerprint density at radius 1 is 1.24 bits per heavy atom. The summed E-state index contributed by atoms with van der Waals surface area (Å²) in [5.74, 6) is 1.66. The molecule has 0 bridgehead atoms. The van der Waals surface area contributed by atoms with Gasteiger partial charge in [0.25, 0.3) is 0 Å². The zero-order chi connectivity index (χ0) is 12.5. The molecule has 1 aromatic heterocycles. The van der Waals surface area contributed by atoms with Gasteiger partial charge in [-0.2, -0.15) is 0 Å². The molecule has 1 fully saturated rings. The molecule has 0 spiro atoms. The third-order valence-electron chi connectivity index (χ3n) is 4.09. The van der Waals surface area contributed by atoms with E-state index in [1.165, 1.54) is 12.8 Å². The van der Waals surface area contributed by atoms with Crippen LogP contribution in [0.5, 0.6) is 0 Å². The van der Waals surface area contributed by atoms with Crippen LogP contribution in [0.15, 0.2) is 22.8 Å². The Hall–Kier alpha value is -1.05. The lowest BCUT2D eigenvalue weighted by Gasteiger charge is -2.36. The first-order chi connectivity index (χ1) is 7.98. The maximum absolute atomic E-state index is 12.1. The van der Waals surface area contributed by atoms with Crippen LogP contribution < -0.4 is 0 Å². The summed E-state index contributed by atoms with van der Waals surface area (Å²) < 4.78 is 5.19. The molecule has 94 valence electrons. The van der Waals surface area contributed by atoms with Crippen LogP contribution in [0.3, 0.4) is 0 Å². The standard InChI is InChI=1S/C15H22O2/c1-15(2,3)12-8-6-11(7-9-12)14(16)13-5-4-10-17-13/h4-5,10-12H,6-9H2,1-3H3. The molecule has 1 aromatic rings. The average molecular weight is 234 g/mol. The summed E-state index contributed by atoms with van der Waals surface area (Å²) in [6.07, 6.45) is 5.94. The van der Waals surface area contributed by atoms with Crippen molar-refractivity contribution in [1.82, 2.24) is 0 Å². The van der Waals surface area contributed by atoms with Crippen LogP contribution in [-0.2, 0) is 0 Å². The van der Waals surface area contributed by atoms with Crippen LogP contribution in [0.2, 0.25) is 0 Å². The predicted molar refractivity (Wildman–Crippen MR) is 67.9 cm³/mol. The normalized spacial score (nSPS) is 25.8. The number of carbonyl (C=O) groups is 1. The number of Topliss-reactive ketones (excluding diaryl/α,β-unsaturated/α-hetero) is 1. The molecule has 1 heterocycles. The van der Waals surface area contributed by atoms with E-state index in [1.807, 2.05) is 0 Å². The average Bonchev–Trinajstić information content (AvgIpc) is 2.80. The summed E-state index contributed by atoms with van der Waals surface area (Å²) in [4.78, 5) is 12.1. The maximum Gasteiger partial charge on any atom is 0.201 e. The minimum atomic E-state index is 0.180. The van der Waals surface area contributed by atoms with Gasteiger partial charge < -0.3 is 4.42 Å². The Kier molecular flexibility index (Phi) is 3.41. The third-order valence-corrected chi connectivity index (χ3v) is 4.09. The molecule has 0 saturated heterocycles. The van der Waals surface area contributed by atoms with Crippen molar-refractivity contribution >= 4 is 5.78 Å². The van der Waals surface area contributed by atoms with Crippen molar-refractivity contribution in [2.24, 2.45) is 17.3 Å². The quantitative estimate of drug-likeness (QED) is 0.713. The van der Waals surface area contributed by atoms with Gasteiger partial charge in [-0.15, -0.1) is 0 Å². The molecule has 0 atom stereocenters. The zero-order valence-electron chi connectivity index (χ0n) is 11.0. The zero-order valence-corrected chi connectivity index (χ0v) is 11.0. The number of hydrogen-bond donors (Lipinski definition) is 0. The van der Waals surface area contributed by atoms with Gasteiger partial charge >= 0.3 is 0 Å². The van der Waals surface area contributed by atoms with Crippen molar-refractivity contribution in [1.29, 1.82) is 0 Å². The molecular formula is C15H22O2. The smallest absolute Gasteiger partial charge is 0.201 e. The molecule has 2 heteroatoms. The highest BCUT2D eigenvalue weighted by atomic mass is 16.3. The van der Waals surface area contributed by atoms with Crippen LogP contribution in [0.25, 0.3) is 0 Å². The van der Waals surface area contributed by atoms with Crippen LogP contribution in [0, 0.1) is 17.3 Å². The van der Waals surface area contributed by atoms with Gasteiger partial charge in [0, 0.05) is 5.92 Å². The van der Waals surface area contributed by atoms with E-state index in [-0.39, 0.29) is 11.7 Å². The Labute approximate surface area is 103 Å². The second kappa shape index (κ2) is 4.67. The highest BCUT2D eigenvalue weighted by molar-refractivity contribution is 5.95. The lowest BCUT2D eigenvalue weighted by Crippen LogP contribution is -2.28. The SMILES string of the molecule is CC(C)(C)C1CCC(C(=O)c2ccco2)CC1. The van der Waals surface area contributed by atoms with Gasteiger partial charge in [-0.3, -0.25) is 4.79 Å². The van der Waals surface area contributed by atoms with Gasteiger partial charge in [-0.1, -0.05) is 20.8 Å². The topological polar surface area (TPSA) is 30.2 Å². The van der Waals surface area contributed by atoms with E-state index in [2.05, 4.69) is 20.8 Å². The predicted octanol–water partition coefficient (Wildman–Crippen LogP) is 4.31. The minimum Gasteiger partial charge on any atom is -0.461 e. The van der Waals surface area contributed by atoms with Crippen molar-refractivity contribution in [3.8, 4) is 0 Å². The molecule has 1 aliphatic carbocycles. The Morgan fingerprint density at radius 2 is 1.88 bits per heavy atom. The molecule has 0 aliphatic heterocycles. The van der Waals surface area contributed by atoms with Crippen LogP contribution in [-0.4, -0.2) is 5.78 Å². The van der Waals surface area contributed by atoms with Crippen LogP contribution >= 0.6 is 0 Å². The Morgan fingerprint density at radius 3 is 2.35 bits per heavy atom. The van der Waals surface area contributed by atoms with Crippen molar-refractivity contribution in [3.05, 3.63) is 24.2 Å². The van der Waals surface area contributed by atoms with Crippen molar-refractivity contribution in [2.75, 3.05) is 0 Å². The first-order valence-electron chi connectivity index (χ1n) is 6.56. The van der Waals surface area contributed by atoms with Gasteiger partial charge in [0.05, 0.1) is 6.26 Å². The van der Waals surface area contributed by atoms with E-state index in [0.29, 0.717) is 11.2 Å². The van der Waals surface area contributed by atoms with E-state index in [1.54, 1.807) is 18.4 Å². The lowest BCUT2D eigenvalue weighted by atomic mass is 9.69. The van der Waals surface area contributed by atoms with Gasteiger partial charge in [0.1, 0.15) is 0 Å². The molecule has 2 nitrogen and oxygen atoms in total. The summed E-state index contributed by atoms with van der Waals surface area (Å²) in [6.45, 7) is 6.89. The van der Waals surface area contributed by atoms with Crippen LogP contribution in [0.4, 0.5) is 0 Å². The number of hydrogen-bond acceptors (Lipinski definition) is 2. The summed E-state index contributed by atoms with van der Waals surface area (Å²) in [6, 6.07) is 3.56. The molecule has 0 N–H and O–H groups in total. The highest BCUT2D eigenvalue weighted by Gasteiger charge is 2.33.